The maximum atomic E-state index is 12.4. The van der Waals surface area contributed by atoms with Crippen molar-refractivity contribution in [1.29, 1.82) is 0 Å². The smallest absolute Gasteiger partial charge is 0.419 e. The van der Waals surface area contributed by atoms with Crippen LogP contribution in [0.2, 0.25) is 0 Å². The minimum atomic E-state index is -0.580. The van der Waals surface area contributed by atoms with Crippen LogP contribution in [0.25, 0.3) is 33.5 Å². The number of ether oxygens (including phenoxy) is 4. The summed E-state index contributed by atoms with van der Waals surface area (Å²) in [6.07, 6.45) is 1.72. The zero-order valence-corrected chi connectivity index (χ0v) is 24.4. The number of methoxy groups -OCH3 is 1. The van der Waals surface area contributed by atoms with Crippen LogP contribution >= 0.6 is 0 Å². The molecular formula is C34H31N3O7. The minimum absolute atomic E-state index is 0.0440. The van der Waals surface area contributed by atoms with Crippen molar-refractivity contribution in [1.82, 2.24) is 9.55 Å². The van der Waals surface area contributed by atoms with Crippen LogP contribution in [0.5, 0.6) is 17.2 Å². The molecule has 2 aliphatic rings. The van der Waals surface area contributed by atoms with Gasteiger partial charge in [0.15, 0.2) is 5.58 Å². The lowest BCUT2D eigenvalue weighted by Crippen LogP contribution is -2.22. The Hall–Kier alpha value is -5.25. The summed E-state index contributed by atoms with van der Waals surface area (Å²) in [6.45, 7) is 3.35. The first-order chi connectivity index (χ1) is 21.5. The van der Waals surface area contributed by atoms with E-state index in [0.29, 0.717) is 70.9 Å². The van der Waals surface area contributed by atoms with Crippen molar-refractivity contribution in [3.05, 3.63) is 88.4 Å². The van der Waals surface area contributed by atoms with Crippen molar-refractivity contribution in [3.63, 3.8) is 0 Å². The second-order valence-electron chi connectivity index (χ2n) is 10.9. The minimum Gasteiger partial charge on any atom is -0.497 e. The molecule has 0 saturated heterocycles. The SMILES string of the molecule is CCn1c(=O)oc2cc(-c3cc(-c4c(OCc5ccc(OC)cc5)cccc4OCC4CC4)nc4c3COC(=O)N4)ccc21. The monoisotopic (exact) mass is 593 g/mol. The molecule has 224 valence electrons. The van der Waals surface area contributed by atoms with Crippen molar-refractivity contribution in [2.75, 3.05) is 19.0 Å². The van der Waals surface area contributed by atoms with Gasteiger partial charge in [-0.25, -0.2) is 14.6 Å². The molecule has 1 fully saturated rings. The number of aromatic nitrogens is 2. The van der Waals surface area contributed by atoms with E-state index in [9.17, 15) is 9.59 Å². The lowest BCUT2D eigenvalue weighted by atomic mass is 9.96. The van der Waals surface area contributed by atoms with Gasteiger partial charge >= 0.3 is 11.8 Å². The molecule has 2 aromatic heterocycles. The van der Waals surface area contributed by atoms with Gasteiger partial charge in [0.1, 0.15) is 36.3 Å². The first kappa shape index (κ1) is 27.6. The van der Waals surface area contributed by atoms with Gasteiger partial charge in [-0.1, -0.05) is 24.3 Å². The molecular weight excluding hydrogens is 562 g/mol. The number of oxazole rings is 1. The number of nitrogens with one attached hydrogen (secondary N) is 1. The van der Waals surface area contributed by atoms with Gasteiger partial charge in [0.25, 0.3) is 0 Å². The average Bonchev–Trinajstić information content (AvgIpc) is 3.82. The Morgan fingerprint density at radius 3 is 2.55 bits per heavy atom. The van der Waals surface area contributed by atoms with Gasteiger partial charge in [-0.15, -0.1) is 0 Å². The number of carbonyl (C=O) groups is 1. The van der Waals surface area contributed by atoms with E-state index < -0.39 is 11.8 Å². The number of fused-ring (bicyclic) bond motifs is 2. The van der Waals surface area contributed by atoms with Crippen LogP contribution in [0.1, 0.15) is 30.9 Å². The molecule has 1 saturated carbocycles. The number of cyclic esters (lactones) is 1. The first-order valence-corrected chi connectivity index (χ1v) is 14.6. The zero-order valence-electron chi connectivity index (χ0n) is 24.4. The summed E-state index contributed by atoms with van der Waals surface area (Å²) in [6, 6.07) is 21.0. The largest absolute Gasteiger partial charge is 0.497 e. The highest BCUT2D eigenvalue weighted by atomic mass is 16.6. The van der Waals surface area contributed by atoms with Crippen molar-refractivity contribution >= 4 is 23.0 Å². The molecule has 10 nitrogen and oxygen atoms in total. The predicted molar refractivity (Wildman–Crippen MR) is 164 cm³/mol. The average molecular weight is 594 g/mol. The number of carbonyl (C=O) groups excluding carboxylic acids is 1. The Morgan fingerprint density at radius 1 is 1.00 bits per heavy atom. The Bertz CT molecular complexity index is 1920. The molecule has 44 heavy (non-hydrogen) atoms. The quantitative estimate of drug-likeness (QED) is 0.188. The highest BCUT2D eigenvalue weighted by Crippen LogP contribution is 2.43. The molecule has 0 atom stereocenters. The number of rotatable bonds is 10. The number of aryl methyl sites for hydroxylation is 1. The third-order valence-electron chi connectivity index (χ3n) is 7.96. The van der Waals surface area contributed by atoms with Gasteiger partial charge in [0.2, 0.25) is 0 Å². The molecule has 3 heterocycles. The van der Waals surface area contributed by atoms with Crippen LogP contribution in [-0.2, 0) is 24.5 Å². The van der Waals surface area contributed by atoms with Crippen molar-refractivity contribution in [2.24, 2.45) is 5.92 Å². The Labute approximate surface area is 253 Å². The highest BCUT2D eigenvalue weighted by molar-refractivity contribution is 5.92. The molecule has 0 radical (unpaired) electrons. The van der Waals surface area contributed by atoms with E-state index in [1.807, 2.05) is 73.7 Å². The second kappa shape index (κ2) is 11.4. The molecule has 1 N–H and O–H groups in total. The van der Waals surface area contributed by atoms with E-state index >= 15 is 0 Å². The molecule has 7 rings (SSSR count). The van der Waals surface area contributed by atoms with Crippen LogP contribution in [0.15, 0.2) is 75.9 Å². The van der Waals surface area contributed by atoms with Gasteiger partial charge in [0, 0.05) is 12.1 Å². The summed E-state index contributed by atoms with van der Waals surface area (Å²) < 4.78 is 30.5. The van der Waals surface area contributed by atoms with E-state index in [2.05, 4.69) is 5.32 Å². The Kier molecular flexibility index (Phi) is 7.17. The summed E-state index contributed by atoms with van der Waals surface area (Å²) in [4.78, 5) is 29.6. The predicted octanol–water partition coefficient (Wildman–Crippen LogP) is 6.78. The van der Waals surface area contributed by atoms with Gasteiger partial charge in [-0.3, -0.25) is 9.88 Å². The van der Waals surface area contributed by atoms with Gasteiger partial charge in [-0.05, 0) is 84.8 Å². The molecule has 0 unspecified atom stereocenters. The summed E-state index contributed by atoms with van der Waals surface area (Å²) in [5.41, 5.74) is 5.66. The molecule has 1 aliphatic heterocycles. The third-order valence-corrected chi connectivity index (χ3v) is 7.96. The first-order valence-electron chi connectivity index (χ1n) is 14.6. The van der Waals surface area contributed by atoms with Crippen molar-refractivity contribution in [2.45, 2.75) is 39.5 Å². The zero-order chi connectivity index (χ0) is 30.2. The van der Waals surface area contributed by atoms with Crippen LogP contribution < -0.4 is 25.3 Å². The van der Waals surface area contributed by atoms with Crippen LogP contribution in [0, 0.1) is 5.92 Å². The lowest BCUT2D eigenvalue weighted by molar-refractivity contribution is 0.151. The molecule has 1 amide bonds. The number of nitrogens with zero attached hydrogens (tertiary/aromatic N) is 2. The standard InChI is InChI=1S/C34H31N3O7/c1-3-37-27-14-11-22(15-30(27)44-34(37)39)24-16-26(35-32-25(24)19-43-33(38)36-32)31-28(41-17-20-7-8-20)5-4-6-29(31)42-18-21-9-12-23(40-2)13-10-21/h4-6,9-16,20H,3,7-8,17-19H2,1-2H3,(H,35,36,38). The van der Waals surface area contributed by atoms with Gasteiger partial charge < -0.3 is 23.4 Å². The molecule has 10 heteroatoms. The van der Waals surface area contributed by atoms with Crippen LogP contribution in [0.3, 0.4) is 0 Å². The summed E-state index contributed by atoms with van der Waals surface area (Å²) >= 11 is 0. The second-order valence-corrected chi connectivity index (χ2v) is 10.9. The van der Waals surface area contributed by atoms with E-state index in [-0.39, 0.29) is 6.61 Å². The topological polar surface area (TPSA) is 114 Å². The van der Waals surface area contributed by atoms with Gasteiger partial charge in [0.05, 0.1) is 30.5 Å². The molecule has 0 spiro atoms. The van der Waals surface area contributed by atoms with E-state index in [4.69, 9.17) is 28.3 Å². The third kappa shape index (κ3) is 5.34. The van der Waals surface area contributed by atoms with E-state index in [0.717, 1.165) is 35.3 Å². The molecule has 0 bridgehead atoms. The number of anilines is 1. The Morgan fingerprint density at radius 2 is 1.80 bits per heavy atom. The lowest BCUT2D eigenvalue weighted by Gasteiger charge is -2.22. The van der Waals surface area contributed by atoms with Crippen LogP contribution in [0.4, 0.5) is 10.6 Å². The number of pyridine rings is 1. The Balaban J connectivity index is 1.35. The maximum Gasteiger partial charge on any atom is 0.419 e. The molecule has 3 aromatic carbocycles. The summed E-state index contributed by atoms with van der Waals surface area (Å²) in [5, 5.41) is 2.76. The van der Waals surface area contributed by atoms with Crippen molar-refractivity contribution < 1.29 is 28.2 Å². The van der Waals surface area contributed by atoms with Crippen molar-refractivity contribution in [3.8, 4) is 39.6 Å². The normalized spacial score (nSPS) is 14.1. The highest BCUT2D eigenvalue weighted by Gasteiger charge is 2.27. The number of amides is 1. The van der Waals surface area contributed by atoms with E-state index in [1.165, 1.54) is 0 Å². The maximum absolute atomic E-state index is 12.4. The number of benzene rings is 3. The fourth-order valence-corrected chi connectivity index (χ4v) is 5.39. The van der Waals surface area contributed by atoms with Crippen LogP contribution in [-0.4, -0.2) is 29.4 Å². The number of hydrogen-bond donors (Lipinski definition) is 1. The molecule has 1 aliphatic carbocycles. The fourth-order valence-electron chi connectivity index (χ4n) is 5.39. The molecule has 5 aromatic rings. The van der Waals surface area contributed by atoms with E-state index in [1.54, 1.807) is 11.7 Å². The fraction of sp³-hybridized carbons (Fsp3) is 0.265. The summed E-state index contributed by atoms with van der Waals surface area (Å²) in [7, 11) is 1.63. The summed E-state index contributed by atoms with van der Waals surface area (Å²) in [5.74, 6) is 2.51. The van der Waals surface area contributed by atoms with Gasteiger partial charge in [-0.2, -0.15) is 0 Å². The number of hydrogen-bond acceptors (Lipinski definition) is 8.